The molecule has 1 amide bonds. The normalized spacial score (nSPS) is 10.7. The zero-order valence-electron chi connectivity index (χ0n) is 13.8. The van der Waals surface area contributed by atoms with E-state index in [2.05, 4.69) is 47.1 Å². The molecule has 0 fully saturated rings. The largest absolute Gasteiger partial charge is 0.317 e. The minimum Gasteiger partial charge on any atom is -0.317 e. The lowest BCUT2D eigenvalue weighted by Gasteiger charge is -2.15. The maximum atomic E-state index is 11.2. The van der Waals surface area contributed by atoms with E-state index in [1.807, 2.05) is 19.9 Å². The summed E-state index contributed by atoms with van der Waals surface area (Å²) >= 11 is 0. The molecule has 1 aromatic heterocycles. The maximum absolute atomic E-state index is 11.2. The number of hydrogen-bond donors (Lipinski definition) is 1. The zero-order valence-corrected chi connectivity index (χ0v) is 13.8. The molecule has 0 unspecified atom stereocenters. The summed E-state index contributed by atoms with van der Waals surface area (Å²) in [7, 11) is 0. The Morgan fingerprint density at radius 1 is 1.30 bits per heavy atom. The van der Waals surface area contributed by atoms with E-state index in [0.717, 1.165) is 17.0 Å². The van der Waals surface area contributed by atoms with Gasteiger partial charge in [0.15, 0.2) is 0 Å². The summed E-state index contributed by atoms with van der Waals surface area (Å²) in [5.41, 5.74) is 9.03. The third kappa shape index (κ3) is 3.49. The smallest absolute Gasteiger partial charge is 0.254 e. The quantitative estimate of drug-likeness (QED) is 0.696. The van der Waals surface area contributed by atoms with Crippen molar-refractivity contribution in [3.63, 3.8) is 0 Å². The molecular formula is C18H20N4O. The van der Waals surface area contributed by atoms with Crippen molar-refractivity contribution in [1.82, 2.24) is 9.99 Å². The van der Waals surface area contributed by atoms with Gasteiger partial charge in [-0.2, -0.15) is 10.4 Å². The van der Waals surface area contributed by atoms with Crippen LogP contribution in [0.3, 0.4) is 0 Å². The number of carbonyl (C=O) groups is 1. The first-order valence-electron chi connectivity index (χ1n) is 7.40. The van der Waals surface area contributed by atoms with Crippen molar-refractivity contribution in [2.24, 2.45) is 5.10 Å². The van der Waals surface area contributed by atoms with Gasteiger partial charge in [-0.25, -0.2) is 5.43 Å². The fourth-order valence-corrected chi connectivity index (χ4v) is 2.71. The van der Waals surface area contributed by atoms with E-state index in [1.54, 1.807) is 12.3 Å². The summed E-state index contributed by atoms with van der Waals surface area (Å²) < 4.78 is 2.20. The van der Waals surface area contributed by atoms with Crippen LogP contribution in [0.5, 0.6) is 0 Å². The van der Waals surface area contributed by atoms with Crippen molar-refractivity contribution in [2.75, 3.05) is 0 Å². The van der Waals surface area contributed by atoms with Crippen molar-refractivity contribution >= 4 is 12.1 Å². The van der Waals surface area contributed by atoms with Gasteiger partial charge in [-0.05, 0) is 44.9 Å². The van der Waals surface area contributed by atoms with E-state index >= 15 is 0 Å². The number of nitriles is 1. The van der Waals surface area contributed by atoms with Crippen LogP contribution in [0.15, 0.2) is 29.4 Å². The molecule has 1 aromatic carbocycles. The Labute approximate surface area is 136 Å². The van der Waals surface area contributed by atoms with Gasteiger partial charge in [-0.3, -0.25) is 4.79 Å². The summed E-state index contributed by atoms with van der Waals surface area (Å²) in [5.74, 6) is -0.410. The second kappa shape index (κ2) is 6.93. The Morgan fingerprint density at radius 3 is 2.57 bits per heavy atom. The summed E-state index contributed by atoms with van der Waals surface area (Å²) in [6.07, 6.45) is 1.42. The van der Waals surface area contributed by atoms with E-state index in [1.165, 1.54) is 16.8 Å². The number of nitrogens with zero attached hydrogens (tertiary/aromatic N) is 3. The molecule has 2 rings (SSSR count). The predicted octanol–water partition coefficient (Wildman–Crippen LogP) is 3.07. The van der Waals surface area contributed by atoms with Crippen LogP contribution in [0.25, 0.3) is 5.69 Å². The van der Waals surface area contributed by atoms with Crippen molar-refractivity contribution in [1.29, 1.82) is 5.26 Å². The summed E-state index contributed by atoms with van der Waals surface area (Å²) in [5, 5.41) is 12.4. The molecule has 1 heterocycles. The first-order chi connectivity index (χ1) is 11.0. The summed E-state index contributed by atoms with van der Waals surface area (Å²) in [4.78, 5) is 11.2. The molecule has 5 nitrogen and oxygen atoms in total. The van der Waals surface area contributed by atoms with Gasteiger partial charge in [0.1, 0.15) is 6.42 Å². The fraction of sp³-hybridized carbons (Fsp3) is 0.278. The first kappa shape index (κ1) is 16.5. The molecule has 2 aromatic rings. The molecule has 0 aliphatic heterocycles. The van der Waals surface area contributed by atoms with E-state index in [9.17, 15) is 4.79 Å². The molecule has 0 bridgehead atoms. The minimum atomic E-state index is -0.410. The van der Waals surface area contributed by atoms with E-state index < -0.39 is 5.91 Å². The molecule has 5 heteroatoms. The van der Waals surface area contributed by atoms with Gasteiger partial charge in [0.25, 0.3) is 5.91 Å². The Bertz CT molecular complexity index is 789. The molecule has 0 spiro atoms. The average Bonchev–Trinajstić information content (AvgIpc) is 2.75. The van der Waals surface area contributed by atoms with Crippen LogP contribution in [0.2, 0.25) is 0 Å². The van der Waals surface area contributed by atoms with Gasteiger partial charge >= 0.3 is 0 Å². The molecule has 0 saturated heterocycles. The Balaban J connectivity index is 2.36. The van der Waals surface area contributed by atoms with Crippen molar-refractivity contribution in [2.45, 2.75) is 34.1 Å². The van der Waals surface area contributed by atoms with Crippen LogP contribution in [0, 0.1) is 39.0 Å². The van der Waals surface area contributed by atoms with E-state index in [4.69, 9.17) is 5.26 Å². The first-order valence-corrected chi connectivity index (χ1v) is 7.40. The highest BCUT2D eigenvalue weighted by molar-refractivity contribution is 5.84. The maximum Gasteiger partial charge on any atom is 0.254 e. The summed E-state index contributed by atoms with van der Waals surface area (Å²) in [6, 6.07) is 10.1. The molecular weight excluding hydrogens is 288 g/mol. The number of carbonyl (C=O) groups excluding carboxylic acids is 1. The van der Waals surface area contributed by atoms with Crippen LogP contribution in [-0.2, 0) is 4.79 Å². The standard InChI is InChI=1S/C18H20N4O/c1-12-6-5-7-13(2)18(12)22-14(3)10-16(15(22)4)11-20-21-17(23)8-9-19/h5-7,10-11H,8H2,1-4H3,(H,21,23)/b20-11-. The summed E-state index contributed by atoms with van der Waals surface area (Å²) in [6.45, 7) is 8.26. The number of aryl methyl sites for hydroxylation is 3. The SMILES string of the molecule is Cc1cccc(C)c1-n1c(C)cc(/C=N\NC(=O)CC#N)c1C. The highest BCUT2D eigenvalue weighted by atomic mass is 16.2. The van der Waals surface area contributed by atoms with Gasteiger partial charge < -0.3 is 4.57 Å². The van der Waals surface area contributed by atoms with Gasteiger partial charge in [0, 0.05) is 17.0 Å². The van der Waals surface area contributed by atoms with Gasteiger partial charge in [0.05, 0.1) is 18.0 Å². The number of hydrogen-bond acceptors (Lipinski definition) is 3. The average molecular weight is 308 g/mol. The second-order valence-corrected chi connectivity index (χ2v) is 5.53. The predicted molar refractivity (Wildman–Crippen MR) is 90.7 cm³/mol. The molecule has 0 radical (unpaired) electrons. The van der Waals surface area contributed by atoms with Crippen molar-refractivity contribution in [3.05, 3.63) is 52.3 Å². The highest BCUT2D eigenvalue weighted by Crippen LogP contribution is 2.25. The third-order valence-electron chi connectivity index (χ3n) is 3.77. The zero-order chi connectivity index (χ0) is 17.0. The molecule has 0 aliphatic rings. The van der Waals surface area contributed by atoms with E-state index in [-0.39, 0.29) is 6.42 Å². The lowest BCUT2D eigenvalue weighted by molar-refractivity contribution is -0.120. The number of hydrazone groups is 1. The number of benzene rings is 1. The Morgan fingerprint density at radius 2 is 1.96 bits per heavy atom. The van der Waals surface area contributed by atoms with Crippen LogP contribution >= 0.6 is 0 Å². The van der Waals surface area contributed by atoms with Crippen molar-refractivity contribution < 1.29 is 4.79 Å². The van der Waals surface area contributed by atoms with Gasteiger partial charge in [-0.1, -0.05) is 18.2 Å². The molecule has 118 valence electrons. The third-order valence-corrected chi connectivity index (χ3v) is 3.77. The topological polar surface area (TPSA) is 70.2 Å². The van der Waals surface area contributed by atoms with E-state index in [0.29, 0.717) is 0 Å². The van der Waals surface area contributed by atoms with Crippen LogP contribution in [-0.4, -0.2) is 16.7 Å². The lowest BCUT2D eigenvalue weighted by atomic mass is 10.1. The van der Waals surface area contributed by atoms with Gasteiger partial charge in [0.2, 0.25) is 0 Å². The number of rotatable bonds is 4. The highest BCUT2D eigenvalue weighted by Gasteiger charge is 2.13. The second-order valence-electron chi connectivity index (χ2n) is 5.53. The number of amides is 1. The number of nitrogens with one attached hydrogen (secondary N) is 1. The lowest BCUT2D eigenvalue weighted by Crippen LogP contribution is -2.16. The fourth-order valence-electron chi connectivity index (χ4n) is 2.71. The number of aromatic nitrogens is 1. The molecule has 0 saturated carbocycles. The van der Waals surface area contributed by atoms with Crippen molar-refractivity contribution in [3.8, 4) is 11.8 Å². The monoisotopic (exact) mass is 308 g/mol. The molecule has 0 atom stereocenters. The Hall–Kier alpha value is -2.87. The number of para-hydroxylation sites is 1. The molecule has 1 N–H and O–H groups in total. The molecule has 0 aliphatic carbocycles. The minimum absolute atomic E-state index is 0.196. The van der Waals surface area contributed by atoms with Gasteiger partial charge in [-0.15, -0.1) is 0 Å². The van der Waals surface area contributed by atoms with Crippen LogP contribution in [0.4, 0.5) is 0 Å². The van der Waals surface area contributed by atoms with Crippen LogP contribution < -0.4 is 5.43 Å². The molecule has 23 heavy (non-hydrogen) atoms. The van der Waals surface area contributed by atoms with Crippen LogP contribution in [0.1, 0.15) is 34.5 Å². The Kier molecular flexibility index (Phi) is 4.97.